The van der Waals surface area contributed by atoms with Gasteiger partial charge in [-0.05, 0) is 13.1 Å². The molecule has 76 valence electrons. The van der Waals surface area contributed by atoms with Crippen LogP contribution < -0.4 is 11.1 Å². The van der Waals surface area contributed by atoms with Gasteiger partial charge in [0.1, 0.15) is 12.1 Å². The molecular formula is C9H15N5. The largest absolute Gasteiger partial charge is 0.364 e. The quantitative estimate of drug-likeness (QED) is 0.664. The summed E-state index contributed by atoms with van der Waals surface area (Å²) >= 11 is 0. The second-order valence-corrected chi connectivity index (χ2v) is 3.73. The number of likely N-dealkylation sites (tertiary alicyclic amines) is 1. The van der Waals surface area contributed by atoms with E-state index in [-0.39, 0.29) is 12.1 Å². The van der Waals surface area contributed by atoms with Crippen LogP contribution in [0.4, 0.5) is 5.82 Å². The number of hydrogen-bond acceptors (Lipinski definition) is 5. The first-order valence-corrected chi connectivity index (χ1v) is 4.72. The van der Waals surface area contributed by atoms with Crippen molar-refractivity contribution in [3.8, 4) is 0 Å². The molecule has 5 nitrogen and oxygen atoms in total. The Labute approximate surface area is 83.3 Å². The van der Waals surface area contributed by atoms with Gasteiger partial charge in [0.15, 0.2) is 0 Å². The van der Waals surface area contributed by atoms with Crippen molar-refractivity contribution in [2.45, 2.75) is 12.1 Å². The van der Waals surface area contributed by atoms with Crippen molar-refractivity contribution >= 4 is 5.82 Å². The third-order valence-electron chi connectivity index (χ3n) is 2.46. The Morgan fingerprint density at radius 3 is 3.00 bits per heavy atom. The van der Waals surface area contributed by atoms with E-state index < -0.39 is 0 Å². The van der Waals surface area contributed by atoms with Gasteiger partial charge in [0, 0.05) is 25.3 Å². The predicted molar refractivity (Wildman–Crippen MR) is 54.9 cm³/mol. The van der Waals surface area contributed by atoms with Crippen molar-refractivity contribution in [2.24, 2.45) is 5.73 Å². The van der Waals surface area contributed by atoms with Gasteiger partial charge in [0.2, 0.25) is 0 Å². The van der Waals surface area contributed by atoms with E-state index in [1.807, 2.05) is 6.07 Å². The van der Waals surface area contributed by atoms with Crippen molar-refractivity contribution in [2.75, 3.05) is 25.5 Å². The molecule has 3 N–H and O–H groups in total. The Morgan fingerprint density at radius 1 is 1.57 bits per heavy atom. The van der Waals surface area contributed by atoms with Gasteiger partial charge < -0.3 is 16.0 Å². The lowest BCUT2D eigenvalue weighted by Crippen LogP contribution is -2.38. The van der Waals surface area contributed by atoms with E-state index in [9.17, 15) is 0 Å². The van der Waals surface area contributed by atoms with Gasteiger partial charge in [-0.1, -0.05) is 0 Å². The molecule has 2 heterocycles. The van der Waals surface area contributed by atoms with E-state index in [0.29, 0.717) is 0 Å². The van der Waals surface area contributed by atoms with Gasteiger partial charge in [-0.2, -0.15) is 0 Å². The molecule has 1 fully saturated rings. The monoisotopic (exact) mass is 193 g/mol. The second-order valence-electron chi connectivity index (χ2n) is 3.73. The molecule has 2 unspecified atom stereocenters. The molecule has 2 rings (SSSR count). The van der Waals surface area contributed by atoms with Crippen molar-refractivity contribution in [1.82, 2.24) is 14.9 Å². The number of aromatic nitrogens is 2. The maximum absolute atomic E-state index is 5.97. The first-order valence-electron chi connectivity index (χ1n) is 4.72. The number of nitrogens with one attached hydrogen (secondary N) is 1. The minimum atomic E-state index is 0.176. The van der Waals surface area contributed by atoms with E-state index in [1.165, 1.54) is 6.33 Å². The number of hydrogen-bond donors (Lipinski definition) is 2. The Bertz CT molecular complexity index is 289. The highest BCUT2D eigenvalue weighted by Gasteiger charge is 2.27. The third kappa shape index (κ3) is 2.00. The minimum absolute atomic E-state index is 0.176. The molecule has 14 heavy (non-hydrogen) atoms. The molecule has 0 aliphatic carbocycles. The maximum atomic E-state index is 5.97. The molecule has 0 aromatic carbocycles. The first-order chi connectivity index (χ1) is 6.75. The zero-order valence-corrected chi connectivity index (χ0v) is 8.22. The van der Waals surface area contributed by atoms with Crippen molar-refractivity contribution in [3.05, 3.63) is 18.6 Å². The highest BCUT2D eigenvalue weighted by atomic mass is 15.2. The van der Waals surface area contributed by atoms with Crippen LogP contribution in [0, 0.1) is 0 Å². The fourth-order valence-electron chi connectivity index (χ4n) is 1.75. The zero-order chi connectivity index (χ0) is 9.97. The molecule has 0 amide bonds. The molecule has 1 aromatic heterocycles. The smallest absolute Gasteiger partial charge is 0.129 e. The van der Waals surface area contributed by atoms with Crippen LogP contribution in [-0.2, 0) is 0 Å². The number of rotatable bonds is 2. The summed E-state index contributed by atoms with van der Waals surface area (Å²) in [6.07, 6.45) is 3.26. The summed E-state index contributed by atoms with van der Waals surface area (Å²) in [6.45, 7) is 1.90. The van der Waals surface area contributed by atoms with Gasteiger partial charge in [-0.3, -0.25) is 0 Å². The van der Waals surface area contributed by atoms with E-state index in [1.54, 1.807) is 6.20 Å². The molecular weight excluding hydrogens is 178 g/mol. The minimum Gasteiger partial charge on any atom is -0.364 e. The third-order valence-corrected chi connectivity index (χ3v) is 2.46. The van der Waals surface area contributed by atoms with Crippen LogP contribution in [0.1, 0.15) is 0 Å². The van der Waals surface area contributed by atoms with Gasteiger partial charge in [0.25, 0.3) is 0 Å². The molecule has 1 aromatic rings. The molecule has 0 saturated carbocycles. The molecule has 0 bridgehead atoms. The highest BCUT2D eigenvalue weighted by molar-refractivity contribution is 5.34. The predicted octanol–water partition coefficient (Wildman–Crippen LogP) is -0.470. The van der Waals surface area contributed by atoms with E-state index >= 15 is 0 Å². The average molecular weight is 193 g/mol. The van der Waals surface area contributed by atoms with Crippen LogP contribution in [0.3, 0.4) is 0 Å². The summed E-state index contributed by atoms with van der Waals surface area (Å²) in [5.74, 6) is 0.843. The molecule has 0 radical (unpaired) electrons. The van der Waals surface area contributed by atoms with Crippen LogP contribution in [0.2, 0.25) is 0 Å². The molecule has 5 heteroatoms. The van der Waals surface area contributed by atoms with Crippen LogP contribution in [0.5, 0.6) is 0 Å². The van der Waals surface area contributed by atoms with Crippen LogP contribution in [-0.4, -0.2) is 47.1 Å². The Balaban J connectivity index is 1.98. The lowest BCUT2D eigenvalue weighted by atomic mass is 10.2. The van der Waals surface area contributed by atoms with Gasteiger partial charge in [-0.25, -0.2) is 9.97 Å². The number of anilines is 1. The molecule has 0 spiro atoms. The Morgan fingerprint density at radius 2 is 2.43 bits per heavy atom. The fourth-order valence-corrected chi connectivity index (χ4v) is 1.75. The summed E-state index contributed by atoms with van der Waals surface area (Å²) < 4.78 is 0. The lowest BCUT2D eigenvalue weighted by molar-refractivity contribution is 0.409. The summed E-state index contributed by atoms with van der Waals surface area (Å²) in [5.41, 5.74) is 5.97. The van der Waals surface area contributed by atoms with Gasteiger partial charge in [0.05, 0.1) is 6.04 Å². The SMILES string of the molecule is CN1CC(N)C(Nc2ccncn2)C1. The van der Waals surface area contributed by atoms with Gasteiger partial charge in [-0.15, -0.1) is 0 Å². The standard InChI is InChI=1S/C9H15N5/c1-14-4-7(10)8(5-14)13-9-2-3-11-6-12-9/h2-3,6-8H,4-5,10H2,1H3,(H,11,12,13). The molecule has 1 saturated heterocycles. The van der Waals surface area contributed by atoms with E-state index in [2.05, 4.69) is 27.2 Å². The Hall–Kier alpha value is -1.20. The molecule has 2 atom stereocenters. The van der Waals surface area contributed by atoms with Crippen molar-refractivity contribution < 1.29 is 0 Å². The normalized spacial score (nSPS) is 27.9. The summed E-state index contributed by atoms with van der Waals surface area (Å²) in [4.78, 5) is 10.2. The fraction of sp³-hybridized carbons (Fsp3) is 0.556. The summed E-state index contributed by atoms with van der Waals surface area (Å²) in [5, 5.41) is 3.30. The van der Waals surface area contributed by atoms with Crippen LogP contribution >= 0.6 is 0 Å². The molecule has 1 aliphatic rings. The van der Waals surface area contributed by atoms with Crippen LogP contribution in [0.25, 0.3) is 0 Å². The van der Waals surface area contributed by atoms with Gasteiger partial charge >= 0.3 is 0 Å². The lowest BCUT2D eigenvalue weighted by Gasteiger charge is -2.16. The topological polar surface area (TPSA) is 67.1 Å². The van der Waals surface area contributed by atoms with Crippen molar-refractivity contribution in [3.63, 3.8) is 0 Å². The number of nitrogens with two attached hydrogens (primary N) is 1. The zero-order valence-electron chi connectivity index (χ0n) is 8.22. The number of likely N-dealkylation sites (N-methyl/N-ethyl adjacent to an activating group) is 1. The highest BCUT2D eigenvalue weighted by Crippen LogP contribution is 2.11. The maximum Gasteiger partial charge on any atom is 0.129 e. The molecule has 1 aliphatic heterocycles. The van der Waals surface area contributed by atoms with Crippen molar-refractivity contribution in [1.29, 1.82) is 0 Å². The number of nitrogens with zero attached hydrogens (tertiary/aromatic N) is 3. The summed E-state index contributed by atoms with van der Waals surface area (Å²) in [6, 6.07) is 2.32. The summed E-state index contributed by atoms with van der Waals surface area (Å²) in [7, 11) is 2.07. The van der Waals surface area contributed by atoms with E-state index in [4.69, 9.17) is 5.73 Å². The Kier molecular flexibility index (Phi) is 2.60. The second kappa shape index (κ2) is 3.89. The average Bonchev–Trinajstić information content (AvgIpc) is 2.47. The first kappa shape index (κ1) is 9.36. The van der Waals surface area contributed by atoms with Crippen LogP contribution in [0.15, 0.2) is 18.6 Å². The van der Waals surface area contributed by atoms with E-state index in [0.717, 1.165) is 18.9 Å².